The third-order valence-corrected chi connectivity index (χ3v) is 6.99. The molecule has 1 amide bonds. The smallest absolute Gasteiger partial charge is 0.226 e. The van der Waals surface area contributed by atoms with Gasteiger partial charge in [-0.15, -0.1) is 0 Å². The lowest BCUT2D eigenvalue weighted by Gasteiger charge is -2.37. The first-order valence-electron chi connectivity index (χ1n) is 12.2. The lowest BCUT2D eigenvalue weighted by atomic mass is 9.87. The molecule has 4 rings (SSSR count). The SMILES string of the molecule is COc1ccc(CN(C(=O)[C@H]2CCOC(C)(C)C2)C2CC2)cc1OC1CCCCCC1. The van der Waals surface area contributed by atoms with Crippen molar-refractivity contribution in [1.29, 1.82) is 0 Å². The Morgan fingerprint density at radius 1 is 1.06 bits per heavy atom. The van der Waals surface area contributed by atoms with Gasteiger partial charge in [-0.2, -0.15) is 0 Å². The summed E-state index contributed by atoms with van der Waals surface area (Å²) in [5, 5.41) is 0. The van der Waals surface area contributed by atoms with Crippen molar-refractivity contribution in [2.45, 2.75) is 102 Å². The maximum Gasteiger partial charge on any atom is 0.226 e. The maximum atomic E-state index is 13.4. The summed E-state index contributed by atoms with van der Waals surface area (Å²) in [6, 6.07) is 6.55. The first-order valence-corrected chi connectivity index (χ1v) is 12.2. The van der Waals surface area contributed by atoms with Gasteiger partial charge in [0.05, 0.1) is 18.8 Å². The van der Waals surface area contributed by atoms with Gasteiger partial charge in [0.25, 0.3) is 0 Å². The number of nitrogens with zero attached hydrogens (tertiary/aromatic N) is 1. The molecule has 172 valence electrons. The number of rotatable bonds is 7. The van der Waals surface area contributed by atoms with E-state index in [2.05, 4.69) is 30.9 Å². The second-order valence-corrected chi connectivity index (χ2v) is 10.2. The van der Waals surface area contributed by atoms with Crippen molar-refractivity contribution in [2.75, 3.05) is 13.7 Å². The highest BCUT2D eigenvalue weighted by Crippen LogP contribution is 2.37. The topological polar surface area (TPSA) is 48.0 Å². The lowest BCUT2D eigenvalue weighted by Crippen LogP contribution is -2.44. The second-order valence-electron chi connectivity index (χ2n) is 10.2. The molecular formula is C26H39NO4. The highest BCUT2D eigenvalue weighted by molar-refractivity contribution is 5.79. The number of hydrogen-bond acceptors (Lipinski definition) is 4. The molecule has 1 saturated heterocycles. The minimum atomic E-state index is -0.215. The molecular weight excluding hydrogens is 390 g/mol. The molecule has 2 saturated carbocycles. The number of carbonyl (C=O) groups is 1. The summed E-state index contributed by atoms with van der Waals surface area (Å²) in [5.41, 5.74) is 0.907. The van der Waals surface area contributed by atoms with E-state index in [-0.39, 0.29) is 17.6 Å². The van der Waals surface area contributed by atoms with Crippen LogP contribution in [0.1, 0.15) is 83.6 Å². The van der Waals surface area contributed by atoms with Crippen LogP contribution in [0.5, 0.6) is 11.5 Å². The second kappa shape index (κ2) is 9.81. The molecule has 1 heterocycles. The fourth-order valence-corrected chi connectivity index (χ4v) is 5.10. The molecule has 0 N–H and O–H groups in total. The van der Waals surface area contributed by atoms with Gasteiger partial charge in [0.15, 0.2) is 11.5 Å². The summed E-state index contributed by atoms with van der Waals surface area (Å²) in [5.74, 6) is 1.95. The van der Waals surface area contributed by atoms with Crippen molar-refractivity contribution in [1.82, 2.24) is 4.90 Å². The molecule has 31 heavy (non-hydrogen) atoms. The van der Waals surface area contributed by atoms with E-state index in [1.54, 1.807) is 7.11 Å². The molecule has 3 fully saturated rings. The number of hydrogen-bond donors (Lipinski definition) is 0. The van der Waals surface area contributed by atoms with Crippen LogP contribution in [-0.4, -0.2) is 42.3 Å². The molecule has 2 aliphatic carbocycles. The molecule has 0 radical (unpaired) electrons. The minimum absolute atomic E-state index is 0.0595. The fraction of sp³-hybridized carbons (Fsp3) is 0.731. The highest BCUT2D eigenvalue weighted by Gasteiger charge is 2.39. The lowest BCUT2D eigenvalue weighted by molar-refractivity contribution is -0.146. The number of benzene rings is 1. The number of ether oxygens (including phenoxy) is 3. The zero-order valence-corrected chi connectivity index (χ0v) is 19.5. The Hall–Kier alpha value is -1.75. The number of carbonyl (C=O) groups excluding carboxylic acids is 1. The number of methoxy groups -OCH3 is 1. The minimum Gasteiger partial charge on any atom is -0.493 e. The molecule has 0 bridgehead atoms. The van der Waals surface area contributed by atoms with Gasteiger partial charge >= 0.3 is 0 Å². The summed E-state index contributed by atoms with van der Waals surface area (Å²) in [4.78, 5) is 15.6. The van der Waals surface area contributed by atoms with Crippen molar-refractivity contribution < 1.29 is 19.0 Å². The molecule has 1 atom stereocenters. The Morgan fingerprint density at radius 3 is 2.45 bits per heavy atom. The van der Waals surface area contributed by atoms with E-state index in [4.69, 9.17) is 14.2 Å². The van der Waals surface area contributed by atoms with E-state index in [0.29, 0.717) is 25.1 Å². The summed E-state index contributed by atoms with van der Waals surface area (Å²) < 4.78 is 17.8. The number of amides is 1. The van der Waals surface area contributed by atoms with Crippen molar-refractivity contribution in [3.8, 4) is 11.5 Å². The summed E-state index contributed by atoms with van der Waals surface area (Å²) >= 11 is 0. The van der Waals surface area contributed by atoms with Gasteiger partial charge in [0, 0.05) is 25.1 Å². The largest absolute Gasteiger partial charge is 0.493 e. The van der Waals surface area contributed by atoms with E-state index in [9.17, 15) is 4.79 Å². The summed E-state index contributed by atoms with van der Waals surface area (Å²) in [6.45, 7) is 5.50. The van der Waals surface area contributed by atoms with Crippen LogP contribution in [0.4, 0.5) is 0 Å². The molecule has 5 nitrogen and oxygen atoms in total. The van der Waals surface area contributed by atoms with Crippen molar-refractivity contribution in [3.63, 3.8) is 0 Å². The maximum absolute atomic E-state index is 13.4. The molecule has 1 aliphatic heterocycles. The van der Waals surface area contributed by atoms with Crippen LogP contribution in [0.2, 0.25) is 0 Å². The van der Waals surface area contributed by atoms with Gasteiger partial charge in [-0.3, -0.25) is 4.79 Å². The molecule has 0 spiro atoms. The van der Waals surface area contributed by atoms with E-state index >= 15 is 0 Å². The van der Waals surface area contributed by atoms with E-state index in [0.717, 1.165) is 55.6 Å². The quantitative estimate of drug-likeness (QED) is 0.538. The van der Waals surface area contributed by atoms with Crippen LogP contribution in [0.3, 0.4) is 0 Å². The Morgan fingerprint density at radius 2 is 1.81 bits per heavy atom. The molecule has 1 aromatic carbocycles. The third kappa shape index (κ3) is 5.94. The van der Waals surface area contributed by atoms with E-state index in [1.165, 1.54) is 25.7 Å². The Bertz CT molecular complexity index is 750. The molecule has 0 aromatic heterocycles. The zero-order valence-electron chi connectivity index (χ0n) is 19.5. The summed E-state index contributed by atoms with van der Waals surface area (Å²) in [6.07, 6.45) is 11.4. The molecule has 5 heteroatoms. The summed E-state index contributed by atoms with van der Waals surface area (Å²) in [7, 11) is 1.70. The van der Waals surface area contributed by atoms with Gasteiger partial charge in [0.1, 0.15) is 0 Å². The fourth-order valence-electron chi connectivity index (χ4n) is 5.10. The van der Waals surface area contributed by atoms with Crippen LogP contribution < -0.4 is 9.47 Å². The first kappa shape index (κ1) is 22.4. The van der Waals surface area contributed by atoms with E-state index < -0.39 is 0 Å². The van der Waals surface area contributed by atoms with Gasteiger partial charge < -0.3 is 19.1 Å². The van der Waals surface area contributed by atoms with Gasteiger partial charge in [0.2, 0.25) is 5.91 Å². The van der Waals surface area contributed by atoms with Crippen molar-refractivity contribution in [3.05, 3.63) is 23.8 Å². The van der Waals surface area contributed by atoms with Gasteiger partial charge in [-0.1, -0.05) is 18.9 Å². The monoisotopic (exact) mass is 429 g/mol. The predicted molar refractivity (Wildman–Crippen MR) is 121 cm³/mol. The molecule has 3 aliphatic rings. The zero-order chi connectivity index (χ0) is 21.8. The average Bonchev–Trinajstić information content (AvgIpc) is 3.59. The van der Waals surface area contributed by atoms with Crippen LogP contribution >= 0.6 is 0 Å². The van der Waals surface area contributed by atoms with Crippen molar-refractivity contribution >= 4 is 5.91 Å². The third-order valence-electron chi connectivity index (χ3n) is 6.99. The standard InChI is InChI=1S/C26H39NO4/c1-26(2)17-20(14-15-30-26)25(28)27(21-11-12-21)18-19-10-13-23(29-3)24(16-19)31-22-8-6-4-5-7-9-22/h10,13,16,20-22H,4-9,11-12,14-15,17-18H2,1-3H3/t20-/m0/s1. The van der Waals surface area contributed by atoms with Crippen LogP contribution in [-0.2, 0) is 16.1 Å². The first-order chi connectivity index (χ1) is 14.9. The van der Waals surface area contributed by atoms with E-state index in [1.807, 2.05) is 6.07 Å². The Labute approximate surface area is 187 Å². The Balaban J connectivity index is 1.47. The van der Waals surface area contributed by atoms with Gasteiger partial charge in [-0.25, -0.2) is 0 Å². The molecule has 1 aromatic rings. The highest BCUT2D eigenvalue weighted by atomic mass is 16.5. The Kier molecular flexibility index (Phi) is 7.10. The van der Waals surface area contributed by atoms with Crippen LogP contribution in [0.25, 0.3) is 0 Å². The average molecular weight is 430 g/mol. The molecule has 0 unspecified atom stereocenters. The van der Waals surface area contributed by atoms with Crippen LogP contribution in [0, 0.1) is 5.92 Å². The van der Waals surface area contributed by atoms with Crippen LogP contribution in [0.15, 0.2) is 18.2 Å². The van der Waals surface area contributed by atoms with Gasteiger partial charge in [-0.05, 0) is 82.9 Å². The predicted octanol–water partition coefficient (Wildman–Crippen LogP) is 5.49. The van der Waals surface area contributed by atoms with Crippen molar-refractivity contribution in [2.24, 2.45) is 5.92 Å². The normalized spacial score (nSPS) is 24.3.